The molecule has 0 N–H and O–H groups in total. The topological polar surface area (TPSA) is 4.93 Å². The maximum Gasteiger partial charge on any atom is 0.0541 e. The molecule has 1 heterocycles. The SMILES string of the molecule is Cc1c(C)c(C)c2c(-c3ccc(-c4ccc(-c5ccc6c(c5)c5ccccc5n6-c5ccccc5)cc4)cc3)c3c(C)c(C)c(C)c(C)c3c(-c3ccc(-c4ccccc4)cc3)c2c1C. The van der Waals surface area contributed by atoms with E-state index in [4.69, 9.17) is 0 Å². The van der Waals surface area contributed by atoms with Crippen LogP contribution in [0.1, 0.15) is 44.5 Å². The van der Waals surface area contributed by atoms with Crippen LogP contribution < -0.4 is 0 Å². The van der Waals surface area contributed by atoms with E-state index in [1.165, 1.54) is 149 Å². The molecule has 0 fully saturated rings. The van der Waals surface area contributed by atoms with E-state index in [-0.39, 0.29) is 0 Å². The summed E-state index contributed by atoms with van der Waals surface area (Å²) in [5.41, 5.74) is 27.1. The Morgan fingerprint density at radius 3 is 1.02 bits per heavy atom. The quantitative estimate of drug-likeness (QED) is 0.147. The van der Waals surface area contributed by atoms with E-state index in [1.54, 1.807) is 0 Å². The van der Waals surface area contributed by atoms with Gasteiger partial charge in [-0.3, -0.25) is 0 Å². The number of rotatable bonds is 6. The number of hydrogen-bond donors (Lipinski definition) is 0. The molecule has 1 heteroatoms. The number of aromatic nitrogens is 1. The van der Waals surface area contributed by atoms with E-state index >= 15 is 0 Å². The fourth-order valence-corrected chi connectivity index (χ4v) is 10.9. The molecule has 0 bridgehead atoms. The molecule has 0 saturated carbocycles. The van der Waals surface area contributed by atoms with Crippen LogP contribution in [0.4, 0.5) is 0 Å². The van der Waals surface area contributed by atoms with Crippen LogP contribution in [0.3, 0.4) is 0 Å². The first-order valence-corrected chi connectivity index (χ1v) is 23.0. The molecule has 0 unspecified atom stereocenters. The van der Waals surface area contributed by atoms with Crippen molar-refractivity contribution < 1.29 is 0 Å². The fraction of sp³-hybridized carbons (Fsp3) is 0.125. The Kier molecular flexibility index (Phi) is 9.70. The average Bonchev–Trinajstić information content (AvgIpc) is 3.69. The van der Waals surface area contributed by atoms with Gasteiger partial charge in [0, 0.05) is 16.5 Å². The van der Waals surface area contributed by atoms with Crippen LogP contribution >= 0.6 is 0 Å². The first kappa shape index (κ1) is 40.3. The zero-order valence-electron chi connectivity index (χ0n) is 38.7. The molecular weight excluding hydrogens is 783 g/mol. The van der Waals surface area contributed by atoms with Crippen LogP contribution in [0.2, 0.25) is 0 Å². The van der Waals surface area contributed by atoms with Crippen LogP contribution in [0.25, 0.3) is 105 Å². The number of fused-ring (bicyclic) bond motifs is 5. The van der Waals surface area contributed by atoms with Crippen LogP contribution in [0.5, 0.6) is 0 Å². The molecule has 11 aromatic rings. The van der Waals surface area contributed by atoms with Gasteiger partial charge in [-0.1, -0.05) is 146 Å². The molecule has 1 aromatic heterocycles. The second-order valence-corrected chi connectivity index (χ2v) is 18.3. The van der Waals surface area contributed by atoms with E-state index in [9.17, 15) is 0 Å². The molecule has 0 aliphatic rings. The lowest BCUT2D eigenvalue weighted by molar-refractivity contribution is 1.18. The molecule has 0 spiro atoms. The molecule has 0 radical (unpaired) electrons. The van der Waals surface area contributed by atoms with Crippen molar-refractivity contribution in [3.63, 3.8) is 0 Å². The predicted octanol–water partition coefficient (Wildman–Crippen LogP) is 17.9. The molecule has 11 rings (SSSR count). The van der Waals surface area contributed by atoms with Crippen molar-refractivity contribution in [3.8, 4) is 61.3 Å². The minimum atomic E-state index is 1.18. The van der Waals surface area contributed by atoms with E-state index in [0.717, 1.165) is 0 Å². The van der Waals surface area contributed by atoms with Crippen LogP contribution in [0, 0.1) is 55.4 Å². The smallest absolute Gasteiger partial charge is 0.0541 e. The summed E-state index contributed by atoms with van der Waals surface area (Å²) in [5.74, 6) is 0. The Balaban J connectivity index is 1.04. The van der Waals surface area contributed by atoms with Crippen LogP contribution in [-0.2, 0) is 0 Å². The Bertz CT molecular complexity index is 3580. The third-order valence-corrected chi connectivity index (χ3v) is 15.1. The molecule has 0 aliphatic carbocycles. The normalized spacial score (nSPS) is 11.7. The van der Waals surface area contributed by atoms with E-state index in [2.05, 4.69) is 236 Å². The lowest BCUT2D eigenvalue weighted by Crippen LogP contribution is -2.03. The number of benzene rings is 10. The second kappa shape index (κ2) is 15.6. The number of hydrogen-bond acceptors (Lipinski definition) is 0. The van der Waals surface area contributed by atoms with Gasteiger partial charge in [0.1, 0.15) is 0 Å². The van der Waals surface area contributed by atoms with Gasteiger partial charge >= 0.3 is 0 Å². The highest BCUT2D eigenvalue weighted by Gasteiger charge is 2.26. The molecule has 0 saturated heterocycles. The van der Waals surface area contributed by atoms with Gasteiger partial charge in [0.05, 0.1) is 11.0 Å². The van der Waals surface area contributed by atoms with Crippen molar-refractivity contribution in [1.82, 2.24) is 4.57 Å². The van der Waals surface area contributed by atoms with Gasteiger partial charge in [0.25, 0.3) is 0 Å². The Morgan fingerprint density at radius 2 is 0.569 bits per heavy atom. The van der Waals surface area contributed by atoms with E-state index in [0.29, 0.717) is 0 Å². The summed E-state index contributed by atoms with van der Waals surface area (Å²) in [7, 11) is 0. The Labute approximate surface area is 383 Å². The van der Waals surface area contributed by atoms with Gasteiger partial charge in [-0.15, -0.1) is 0 Å². The van der Waals surface area contributed by atoms with Gasteiger partial charge in [-0.05, 0) is 207 Å². The van der Waals surface area contributed by atoms with Crippen molar-refractivity contribution in [2.75, 3.05) is 0 Å². The largest absolute Gasteiger partial charge is 0.309 e. The first-order chi connectivity index (χ1) is 31.6. The van der Waals surface area contributed by atoms with Crippen molar-refractivity contribution in [2.24, 2.45) is 0 Å². The monoisotopic (exact) mass is 835 g/mol. The highest BCUT2D eigenvalue weighted by Crippen LogP contribution is 2.51. The van der Waals surface area contributed by atoms with E-state index in [1.807, 2.05) is 0 Å². The summed E-state index contributed by atoms with van der Waals surface area (Å²) in [6.07, 6.45) is 0. The van der Waals surface area contributed by atoms with Crippen molar-refractivity contribution >= 4 is 43.4 Å². The minimum absolute atomic E-state index is 1.18. The molecular formula is C64H53N. The van der Waals surface area contributed by atoms with Crippen molar-refractivity contribution in [3.05, 3.63) is 220 Å². The zero-order chi connectivity index (χ0) is 44.7. The highest BCUT2D eigenvalue weighted by atomic mass is 15.0. The van der Waals surface area contributed by atoms with Gasteiger partial charge in [-0.25, -0.2) is 0 Å². The third-order valence-electron chi connectivity index (χ3n) is 15.1. The summed E-state index contributed by atoms with van der Waals surface area (Å²) in [6.45, 7) is 18.6. The van der Waals surface area contributed by atoms with Crippen molar-refractivity contribution in [2.45, 2.75) is 55.4 Å². The maximum atomic E-state index is 2.38. The zero-order valence-corrected chi connectivity index (χ0v) is 38.7. The molecule has 1 nitrogen and oxygen atoms in total. The van der Waals surface area contributed by atoms with Gasteiger partial charge in [-0.2, -0.15) is 0 Å². The molecule has 65 heavy (non-hydrogen) atoms. The highest BCUT2D eigenvalue weighted by molar-refractivity contribution is 6.25. The summed E-state index contributed by atoms with van der Waals surface area (Å²) in [6, 6.07) is 64.9. The summed E-state index contributed by atoms with van der Waals surface area (Å²) < 4.78 is 2.38. The lowest BCUT2D eigenvalue weighted by atomic mass is 9.76. The van der Waals surface area contributed by atoms with Crippen LogP contribution in [-0.4, -0.2) is 4.57 Å². The molecule has 10 aromatic carbocycles. The fourth-order valence-electron chi connectivity index (χ4n) is 10.9. The third kappa shape index (κ3) is 6.36. The molecule has 314 valence electrons. The summed E-state index contributed by atoms with van der Waals surface area (Å²) >= 11 is 0. The van der Waals surface area contributed by atoms with Crippen LogP contribution in [0.15, 0.2) is 176 Å². The van der Waals surface area contributed by atoms with E-state index < -0.39 is 0 Å². The molecule has 0 aliphatic heterocycles. The molecule has 0 amide bonds. The summed E-state index contributed by atoms with van der Waals surface area (Å²) in [4.78, 5) is 0. The summed E-state index contributed by atoms with van der Waals surface area (Å²) in [5, 5.41) is 8.01. The molecule has 0 atom stereocenters. The minimum Gasteiger partial charge on any atom is -0.309 e. The number of nitrogens with zero attached hydrogens (tertiary/aromatic N) is 1. The van der Waals surface area contributed by atoms with Crippen molar-refractivity contribution in [1.29, 1.82) is 0 Å². The first-order valence-electron chi connectivity index (χ1n) is 23.0. The average molecular weight is 836 g/mol. The maximum absolute atomic E-state index is 2.38. The van der Waals surface area contributed by atoms with Gasteiger partial charge < -0.3 is 4.57 Å². The number of para-hydroxylation sites is 2. The van der Waals surface area contributed by atoms with Gasteiger partial charge in [0.15, 0.2) is 0 Å². The number of aryl methyl sites for hydroxylation is 4. The van der Waals surface area contributed by atoms with Gasteiger partial charge in [0.2, 0.25) is 0 Å². The Morgan fingerprint density at radius 1 is 0.246 bits per heavy atom. The lowest BCUT2D eigenvalue weighted by Gasteiger charge is -2.27. The predicted molar refractivity (Wildman–Crippen MR) is 281 cm³/mol. The Hall–Kier alpha value is -7.48. The standard InChI is InChI=1S/C64H53N/c1-38-40(3)44(7)61-59(42(38)5)63(51-31-27-47(28-32-51)46-17-11-9-12-18-46)60-43(6)39(2)41(4)45(8)62(60)64(61)52-33-29-49(30-34-52)48-23-25-50(26-24-48)53-35-36-58-56(37-53)55-21-15-16-22-57(55)65(58)54-19-13-10-14-20-54/h9-37H,1-8H3. The second-order valence-electron chi connectivity index (χ2n) is 18.3.